The highest BCUT2D eigenvalue weighted by Gasteiger charge is 2.29. The van der Waals surface area contributed by atoms with Crippen molar-refractivity contribution >= 4 is 11.8 Å². The summed E-state index contributed by atoms with van der Waals surface area (Å²) in [6.07, 6.45) is 8.00. The Labute approximate surface area is 152 Å². The zero-order valence-corrected chi connectivity index (χ0v) is 15.0. The van der Waals surface area contributed by atoms with Crippen molar-refractivity contribution in [3.8, 4) is 0 Å². The van der Waals surface area contributed by atoms with E-state index in [0.717, 1.165) is 44.6 Å². The minimum atomic E-state index is 0.0325. The minimum absolute atomic E-state index is 0.0325. The average Bonchev–Trinajstić information content (AvgIpc) is 3.28. The second kappa shape index (κ2) is 6.93. The van der Waals surface area contributed by atoms with Crippen LogP contribution in [0.25, 0.3) is 0 Å². The number of hydrogen-bond donors (Lipinski definition) is 0. The highest BCUT2D eigenvalue weighted by Crippen LogP contribution is 2.27. The van der Waals surface area contributed by atoms with E-state index in [-0.39, 0.29) is 17.7 Å². The van der Waals surface area contributed by atoms with Gasteiger partial charge in [-0.1, -0.05) is 0 Å². The molecular weight excluding hydrogens is 332 g/mol. The van der Waals surface area contributed by atoms with Crippen LogP contribution in [0.15, 0.2) is 24.8 Å². The molecule has 0 aromatic carbocycles. The van der Waals surface area contributed by atoms with E-state index in [1.807, 2.05) is 22.7 Å². The average molecular weight is 356 g/mol. The van der Waals surface area contributed by atoms with Crippen molar-refractivity contribution in [3.63, 3.8) is 0 Å². The Morgan fingerprint density at radius 3 is 2.96 bits per heavy atom. The molecule has 4 heterocycles. The van der Waals surface area contributed by atoms with Crippen molar-refractivity contribution in [2.24, 2.45) is 0 Å². The minimum Gasteiger partial charge on any atom is -0.340 e. The highest BCUT2D eigenvalue weighted by atomic mass is 16.2. The first-order chi connectivity index (χ1) is 12.6. The van der Waals surface area contributed by atoms with Gasteiger partial charge in [-0.2, -0.15) is 5.10 Å². The van der Waals surface area contributed by atoms with E-state index in [1.165, 1.54) is 0 Å². The number of fused-ring (bicyclic) bond motifs is 1. The number of amides is 2. The second-order valence-corrected chi connectivity index (χ2v) is 7.17. The first-order valence-electron chi connectivity index (χ1n) is 9.18. The summed E-state index contributed by atoms with van der Waals surface area (Å²) in [5, 5.41) is 4.70. The third-order valence-corrected chi connectivity index (χ3v) is 5.30. The summed E-state index contributed by atoms with van der Waals surface area (Å²) in [6.45, 7) is 3.28. The van der Waals surface area contributed by atoms with Crippen LogP contribution in [-0.2, 0) is 17.9 Å². The number of nitrogens with zero attached hydrogens (tertiary/aromatic N) is 6. The maximum Gasteiger partial charge on any atom is 0.271 e. The van der Waals surface area contributed by atoms with Crippen LogP contribution in [0.4, 0.5) is 0 Å². The SMILES string of the molecule is CN1CCCn2nc([C@H]3CCCN(C(=O)Cn4ccnc4)C3)cc2C1=O. The fourth-order valence-corrected chi connectivity index (χ4v) is 3.82. The van der Waals surface area contributed by atoms with Gasteiger partial charge >= 0.3 is 0 Å². The lowest BCUT2D eigenvalue weighted by molar-refractivity contribution is -0.133. The maximum absolute atomic E-state index is 12.6. The molecule has 1 saturated heterocycles. The predicted octanol–water partition coefficient (Wildman–Crippen LogP) is 0.961. The summed E-state index contributed by atoms with van der Waals surface area (Å²) >= 11 is 0. The van der Waals surface area contributed by atoms with Crippen LogP contribution in [0.1, 0.15) is 41.4 Å². The number of aryl methyl sites for hydroxylation is 1. The fraction of sp³-hybridized carbons (Fsp3) is 0.556. The van der Waals surface area contributed by atoms with Crippen LogP contribution >= 0.6 is 0 Å². The molecule has 1 fully saturated rings. The van der Waals surface area contributed by atoms with E-state index >= 15 is 0 Å². The molecule has 8 heteroatoms. The third kappa shape index (κ3) is 3.23. The molecule has 0 spiro atoms. The van der Waals surface area contributed by atoms with Gasteiger partial charge in [-0.15, -0.1) is 0 Å². The normalized spacial score (nSPS) is 20.8. The van der Waals surface area contributed by atoms with Crippen molar-refractivity contribution in [2.45, 2.75) is 38.3 Å². The van der Waals surface area contributed by atoms with Gasteiger partial charge in [0.25, 0.3) is 5.91 Å². The van der Waals surface area contributed by atoms with Crippen molar-refractivity contribution < 1.29 is 9.59 Å². The molecule has 2 amide bonds. The van der Waals surface area contributed by atoms with Crippen LogP contribution < -0.4 is 0 Å². The summed E-state index contributed by atoms with van der Waals surface area (Å²) in [4.78, 5) is 32.7. The Balaban J connectivity index is 1.48. The van der Waals surface area contributed by atoms with Crippen LogP contribution in [-0.4, -0.2) is 67.6 Å². The molecule has 0 bridgehead atoms. The van der Waals surface area contributed by atoms with Gasteiger partial charge < -0.3 is 14.4 Å². The second-order valence-electron chi connectivity index (χ2n) is 7.17. The number of rotatable bonds is 3. The van der Waals surface area contributed by atoms with Crippen LogP contribution in [0, 0.1) is 0 Å². The third-order valence-electron chi connectivity index (χ3n) is 5.30. The molecule has 0 saturated carbocycles. The van der Waals surface area contributed by atoms with E-state index < -0.39 is 0 Å². The zero-order chi connectivity index (χ0) is 18.1. The van der Waals surface area contributed by atoms with Crippen LogP contribution in [0.2, 0.25) is 0 Å². The summed E-state index contributed by atoms with van der Waals surface area (Å²) in [6, 6.07) is 1.93. The lowest BCUT2D eigenvalue weighted by Gasteiger charge is -2.32. The standard InChI is InChI=1S/C18H24N6O2/c1-21-6-3-8-24-16(18(21)26)10-15(20-24)14-4-2-7-23(11-14)17(25)12-22-9-5-19-13-22/h5,9-10,13-14H,2-4,6-8,11-12H2,1H3/t14-/m0/s1. The number of likely N-dealkylation sites (tertiary alicyclic amines) is 1. The quantitative estimate of drug-likeness (QED) is 0.821. The number of carbonyl (C=O) groups is 2. The van der Waals surface area contributed by atoms with Crippen molar-refractivity contribution in [2.75, 3.05) is 26.7 Å². The largest absolute Gasteiger partial charge is 0.340 e. The van der Waals surface area contributed by atoms with Gasteiger partial charge in [-0.05, 0) is 25.3 Å². The van der Waals surface area contributed by atoms with Crippen molar-refractivity contribution in [1.82, 2.24) is 29.1 Å². The number of piperidine rings is 1. The number of carbonyl (C=O) groups excluding carboxylic acids is 2. The Kier molecular flexibility index (Phi) is 4.48. The predicted molar refractivity (Wildman–Crippen MR) is 94.6 cm³/mol. The monoisotopic (exact) mass is 356 g/mol. The van der Waals surface area contributed by atoms with Gasteiger partial charge in [0.15, 0.2) is 0 Å². The van der Waals surface area contributed by atoms with E-state index in [2.05, 4.69) is 4.98 Å². The van der Waals surface area contributed by atoms with Crippen molar-refractivity contribution in [1.29, 1.82) is 0 Å². The van der Waals surface area contributed by atoms with Gasteiger partial charge in [-0.25, -0.2) is 4.98 Å². The first-order valence-corrected chi connectivity index (χ1v) is 9.18. The highest BCUT2D eigenvalue weighted by molar-refractivity contribution is 5.92. The molecule has 2 aromatic heterocycles. The molecule has 2 aromatic rings. The summed E-state index contributed by atoms with van der Waals surface area (Å²) in [7, 11) is 1.84. The zero-order valence-electron chi connectivity index (χ0n) is 15.0. The molecule has 8 nitrogen and oxygen atoms in total. The van der Waals surface area contributed by atoms with E-state index in [4.69, 9.17) is 5.10 Å². The molecule has 26 heavy (non-hydrogen) atoms. The lowest BCUT2D eigenvalue weighted by atomic mass is 9.94. The van der Waals surface area contributed by atoms with E-state index in [0.29, 0.717) is 18.8 Å². The van der Waals surface area contributed by atoms with Crippen molar-refractivity contribution in [3.05, 3.63) is 36.2 Å². The molecule has 0 aliphatic carbocycles. The summed E-state index contributed by atoms with van der Waals surface area (Å²) < 4.78 is 3.63. The van der Waals surface area contributed by atoms with Crippen LogP contribution in [0.5, 0.6) is 0 Å². The smallest absolute Gasteiger partial charge is 0.271 e. The first kappa shape index (κ1) is 16.8. The molecule has 0 N–H and O–H groups in total. The topological polar surface area (TPSA) is 76.3 Å². The fourth-order valence-electron chi connectivity index (χ4n) is 3.82. The molecule has 2 aliphatic heterocycles. The van der Waals surface area contributed by atoms with E-state index in [9.17, 15) is 9.59 Å². The lowest BCUT2D eigenvalue weighted by Crippen LogP contribution is -2.40. The van der Waals surface area contributed by atoms with Gasteiger partial charge in [-0.3, -0.25) is 14.3 Å². The number of hydrogen-bond acceptors (Lipinski definition) is 4. The number of aromatic nitrogens is 4. The maximum atomic E-state index is 12.6. The van der Waals surface area contributed by atoms with Gasteiger partial charge in [0, 0.05) is 51.5 Å². The van der Waals surface area contributed by atoms with Gasteiger partial charge in [0.1, 0.15) is 12.2 Å². The Morgan fingerprint density at radius 2 is 2.15 bits per heavy atom. The summed E-state index contributed by atoms with van der Waals surface area (Å²) in [5.41, 5.74) is 1.60. The Morgan fingerprint density at radius 1 is 1.27 bits per heavy atom. The molecule has 0 unspecified atom stereocenters. The molecular formula is C18H24N6O2. The Hall–Kier alpha value is -2.64. The van der Waals surface area contributed by atoms with E-state index in [1.54, 1.807) is 28.2 Å². The molecule has 138 valence electrons. The van der Waals surface area contributed by atoms with Gasteiger partial charge in [0.2, 0.25) is 5.91 Å². The number of imidazole rings is 1. The van der Waals surface area contributed by atoms with Crippen LogP contribution in [0.3, 0.4) is 0 Å². The molecule has 1 atom stereocenters. The molecule has 2 aliphatic rings. The Bertz CT molecular complexity index is 797. The summed E-state index contributed by atoms with van der Waals surface area (Å²) in [5.74, 6) is 0.322. The van der Waals surface area contributed by atoms with Gasteiger partial charge in [0.05, 0.1) is 12.0 Å². The molecule has 0 radical (unpaired) electrons. The molecule has 4 rings (SSSR count).